The van der Waals surface area contributed by atoms with E-state index in [0.29, 0.717) is 19.3 Å². The van der Waals surface area contributed by atoms with Crippen molar-refractivity contribution in [2.75, 3.05) is 0 Å². The normalized spacial score (nSPS) is 12.2. The van der Waals surface area contributed by atoms with E-state index in [2.05, 4.69) is 20.8 Å². The van der Waals surface area contributed by atoms with E-state index in [0.717, 1.165) is 57.8 Å². The molecule has 0 fully saturated rings. The zero-order valence-corrected chi connectivity index (χ0v) is 25.2. The van der Waals surface area contributed by atoms with Gasteiger partial charge in [0.15, 0.2) is 0 Å². The summed E-state index contributed by atoms with van der Waals surface area (Å²) in [6.07, 6.45) is 10.1. The summed E-state index contributed by atoms with van der Waals surface area (Å²) < 4.78 is 0. The molecule has 0 aromatic rings. The smallest absolute Gasteiger partial charge is 0.852 e. The van der Waals surface area contributed by atoms with Crippen LogP contribution >= 0.6 is 0 Å². The molecule has 0 rings (SSSR count). The summed E-state index contributed by atoms with van der Waals surface area (Å²) in [5, 5.41) is 40.5. The summed E-state index contributed by atoms with van der Waals surface area (Å²) >= 11 is 0. The second-order valence-corrected chi connectivity index (χ2v) is 8.75. The number of hydrogen-bond donors (Lipinski definition) is 0. The summed E-state index contributed by atoms with van der Waals surface area (Å²) in [5.41, 5.74) is 0. The SMILES string of the molecule is CC(C)[O-].CCCCC(CC)C(=O)[O-].CCCCC(CC)C(=O)[O-].CCCCC(CC)C(=O)[O-].[Ti+4]. The third-order valence-electron chi connectivity index (χ3n) is 5.20. The van der Waals surface area contributed by atoms with Crippen LogP contribution in [-0.4, -0.2) is 24.0 Å². The third kappa shape index (κ3) is 37.8. The van der Waals surface area contributed by atoms with E-state index in [1.807, 2.05) is 20.8 Å². The predicted molar refractivity (Wildman–Crippen MR) is 130 cm³/mol. The number of carboxylic acids is 3. The number of rotatable bonds is 15. The maximum Gasteiger partial charge on any atom is 4.00 e. The predicted octanol–water partition coefficient (Wildman–Crippen LogP) is 2.61. The molecule has 35 heavy (non-hydrogen) atoms. The minimum Gasteiger partial charge on any atom is -0.852 e. The first kappa shape index (κ1) is 44.1. The number of carbonyl (C=O) groups excluding carboxylic acids is 3. The van der Waals surface area contributed by atoms with Crippen molar-refractivity contribution in [1.29, 1.82) is 0 Å². The van der Waals surface area contributed by atoms with Crippen molar-refractivity contribution in [3.8, 4) is 0 Å². The molecule has 0 N–H and O–H groups in total. The Balaban J connectivity index is -0.000000118. The van der Waals surface area contributed by atoms with Gasteiger partial charge in [-0.25, -0.2) is 0 Å². The van der Waals surface area contributed by atoms with Crippen LogP contribution in [0, 0.1) is 17.8 Å². The minimum atomic E-state index is -0.893. The monoisotopic (exact) mass is 536 g/mol. The van der Waals surface area contributed by atoms with Gasteiger partial charge in [0.1, 0.15) is 0 Å². The van der Waals surface area contributed by atoms with Gasteiger partial charge in [0.05, 0.1) is 0 Å². The van der Waals surface area contributed by atoms with E-state index in [1.165, 1.54) is 0 Å². The summed E-state index contributed by atoms with van der Waals surface area (Å²) in [5.74, 6) is -3.34. The van der Waals surface area contributed by atoms with E-state index in [9.17, 15) is 34.8 Å². The molecule has 206 valence electrons. The molecule has 0 spiro atoms. The van der Waals surface area contributed by atoms with Crippen molar-refractivity contribution in [1.82, 2.24) is 0 Å². The van der Waals surface area contributed by atoms with Crippen LogP contribution in [0.4, 0.5) is 0 Å². The summed E-state index contributed by atoms with van der Waals surface area (Å²) in [6.45, 7) is 15.0. The van der Waals surface area contributed by atoms with E-state index >= 15 is 0 Å². The number of hydrogen-bond acceptors (Lipinski definition) is 7. The van der Waals surface area contributed by atoms with Gasteiger partial charge < -0.3 is 34.8 Å². The zero-order valence-electron chi connectivity index (χ0n) is 23.7. The molecular formula is C27H52O7Ti. The van der Waals surface area contributed by atoms with Gasteiger partial charge in [-0.2, -0.15) is 0 Å². The van der Waals surface area contributed by atoms with Crippen molar-refractivity contribution in [2.24, 2.45) is 17.8 Å². The molecule has 3 atom stereocenters. The second-order valence-electron chi connectivity index (χ2n) is 8.75. The number of aliphatic carboxylic acids is 3. The van der Waals surface area contributed by atoms with Gasteiger partial charge in [0.25, 0.3) is 0 Å². The summed E-state index contributed by atoms with van der Waals surface area (Å²) in [6, 6.07) is 0. The first-order valence-corrected chi connectivity index (χ1v) is 13.2. The maximum atomic E-state index is 10.3. The molecule has 0 saturated carbocycles. The Bertz CT molecular complexity index is 406. The first-order valence-electron chi connectivity index (χ1n) is 13.2. The molecule has 3 unspecified atom stereocenters. The van der Waals surface area contributed by atoms with Crippen molar-refractivity contribution in [3.63, 3.8) is 0 Å². The van der Waals surface area contributed by atoms with E-state index in [1.54, 1.807) is 13.8 Å². The van der Waals surface area contributed by atoms with Crippen molar-refractivity contribution in [2.45, 2.75) is 139 Å². The van der Waals surface area contributed by atoms with E-state index < -0.39 is 24.0 Å². The number of carbonyl (C=O) groups is 3. The van der Waals surface area contributed by atoms with Gasteiger partial charge in [-0.15, -0.1) is 6.10 Å². The van der Waals surface area contributed by atoms with Crippen LogP contribution in [0.1, 0.15) is 132 Å². The minimum absolute atomic E-state index is 0. The Morgan fingerprint density at radius 3 is 0.800 bits per heavy atom. The van der Waals surface area contributed by atoms with Crippen molar-refractivity contribution >= 4 is 17.9 Å². The molecule has 0 heterocycles. The second kappa shape index (κ2) is 33.1. The fourth-order valence-electron chi connectivity index (χ4n) is 2.82. The van der Waals surface area contributed by atoms with Gasteiger partial charge in [-0.1, -0.05) is 93.9 Å². The molecule has 0 aliphatic heterocycles. The summed E-state index contributed by atoms with van der Waals surface area (Å²) in [7, 11) is 0. The van der Waals surface area contributed by atoms with Crippen LogP contribution in [0.25, 0.3) is 0 Å². The number of unbranched alkanes of at least 4 members (excludes halogenated alkanes) is 3. The van der Waals surface area contributed by atoms with Crippen LogP contribution in [0.5, 0.6) is 0 Å². The van der Waals surface area contributed by atoms with Gasteiger partial charge in [0, 0.05) is 17.9 Å². The van der Waals surface area contributed by atoms with Crippen molar-refractivity contribution in [3.05, 3.63) is 0 Å². The molecular weight excluding hydrogens is 484 g/mol. The fraction of sp³-hybridized carbons (Fsp3) is 0.889. The van der Waals surface area contributed by atoms with Crippen LogP contribution in [0.2, 0.25) is 0 Å². The molecule has 0 aliphatic carbocycles. The van der Waals surface area contributed by atoms with Gasteiger partial charge in [0.2, 0.25) is 0 Å². The van der Waals surface area contributed by atoms with Crippen LogP contribution < -0.4 is 20.4 Å². The average molecular weight is 537 g/mol. The largest absolute Gasteiger partial charge is 4.00 e. The molecule has 8 heteroatoms. The number of carboxylic acid groups (broad SMARTS) is 3. The maximum absolute atomic E-state index is 10.3. The Morgan fingerprint density at radius 1 is 0.543 bits per heavy atom. The first-order chi connectivity index (χ1) is 15.9. The zero-order chi connectivity index (χ0) is 27.5. The fourth-order valence-corrected chi connectivity index (χ4v) is 2.82. The Morgan fingerprint density at radius 2 is 0.714 bits per heavy atom. The summed E-state index contributed by atoms with van der Waals surface area (Å²) in [4.78, 5) is 31.0. The molecule has 0 bridgehead atoms. The van der Waals surface area contributed by atoms with Gasteiger partial charge in [-0.05, 0) is 56.3 Å². The van der Waals surface area contributed by atoms with E-state index in [-0.39, 0.29) is 39.5 Å². The van der Waals surface area contributed by atoms with Crippen molar-refractivity contribution < 1.29 is 56.5 Å². The van der Waals surface area contributed by atoms with Crippen LogP contribution in [0.15, 0.2) is 0 Å². The van der Waals surface area contributed by atoms with Crippen LogP contribution in [-0.2, 0) is 36.1 Å². The molecule has 0 aromatic heterocycles. The topological polar surface area (TPSA) is 143 Å². The average Bonchev–Trinajstić information content (AvgIpc) is 2.75. The molecule has 0 saturated heterocycles. The van der Waals surface area contributed by atoms with E-state index in [4.69, 9.17) is 0 Å². The van der Waals surface area contributed by atoms with Gasteiger partial charge >= 0.3 is 21.7 Å². The Kier molecular flexibility index (Phi) is 41.7. The molecule has 0 aliphatic rings. The molecule has 0 aromatic carbocycles. The van der Waals surface area contributed by atoms with Crippen LogP contribution in [0.3, 0.4) is 0 Å². The Hall–Kier alpha value is -0.916. The standard InChI is InChI=1S/3C8H16O2.C3H7O.Ti/c3*1-3-5-6-7(4-2)8(9)10;1-3(2)4;/h3*7H,3-6H2,1-2H3,(H,9,10);3H,1-2H3;/q;;;-1;+4/p-3. The third-order valence-corrected chi connectivity index (χ3v) is 5.20. The molecule has 0 amide bonds. The molecule has 0 radical (unpaired) electrons. The molecule has 7 nitrogen and oxygen atoms in total. The quantitative estimate of drug-likeness (QED) is 0.293. The Labute approximate surface area is 230 Å². The van der Waals surface area contributed by atoms with Gasteiger partial charge in [-0.3, -0.25) is 0 Å².